The Morgan fingerprint density at radius 3 is 2.70 bits per heavy atom. The van der Waals surface area contributed by atoms with Gasteiger partial charge < -0.3 is 9.88 Å². The molecule has 0 radical (unpaired) electrons. The summed E-state index contributed by atoms with van der Waals surface area (Å²) in [6.07, 6.45) is 1.23. The summed E-state index contributed by atoms with van der Waals surface area (Å²) in [7, 11) is -1.30. The minimum absolute atomic E-state index is 0.315. The molecule has 108 valence electrons. The van der Waals surface area contributed by atoms with Gasteiger partial charge >= 0.3 is 0 Å². The van der Waals surface area contributed by atoms with E-state index in [-0.39, 0.29) is 0 Å². The predicted octanol–water partition coefficient (Wildman–Crippen LogP) is 1.30. The molecule has 0 aliphatic carbocycles. The normalized spacial score (nSPS) is 23.6. The van der Waals surface area contributed by atoms with Crippen molar-refractivity contribution in [2.24, 2.45) is 13.0 Å². The van der Waals surface area contributed by atoms with E-state index in [2.05, 4.69) is 17.2 Å². The lowest BCUT2D eigenvalue weighted by atomic mass is 9.97. The molecular formula is C14H19N3O2S. The molecule has 1 aliphatic heterocycles. The van der Waals surface area contributed by atoms with Crippen LogP contribution < -0.4 is 5.32 Å². The summed E-state index contributed by atoms with van der Waals surface area (Å²) >= 11 is 0. The predicted molar refractivity (Wildman–Crippen MR) is 78.6 cm³/mol. The number of aryl methyl sites for hydroxylation is 1. The van der Waals surface area contributed by atoms with Crippen molar-refractivity contribution in [2.75, 3.05) is 19.3 Å². The van der Waals surface area contributed by atoms with Crippen molar-refractivity contribution in [3.8, 4) is 0 Å². The Morgan fingerprint density at radius 1 is 1.35 bits per heavy atom. The largest absolute Gasteiger partial charge is 0.331 e. The minimum atomic E-state index is -3.26. The summed E-state index contributed by atoms with van der Waals surface area (Å²) in [6.45, 7) is 4.07. The molecule has 2 atom stereocenters. The van der Waals surface area contributed by atoms with Gasteiger partial charge in [0.2, 0.25) is 0 Å². The molecule has 1 fully saturated rings. The number of aromatic nitrogens is 2. The van der Waals surface area contributed by atoms with Crippen LogP contribution in [0.4, 0.5) is 0 Å². The van der Waals surface area contributed by atoms with Gasteiger partial charge in [0.1, 0.15) is 11.3 Å². The minimum Gasteiger partial charge on any atom is -0.331 e. The van der Waals surface area contributed by atoms with E-state index in [1.54, 1.807) is 12.1 Å². The van der Waals surface area contributed by atoms with Gasteiger partial charge in [-0.15, -0.1) is 0 Å². The van der Waals surface area contributed by atoms with E-state index < -0.39 is 9.84 Å². The first-order valence-electron chi connectivity index (χ1n) is 6.75. The number of benzene rings is 1. The van der Waals surface area contributed by atoms with Crippen LogP contribution in [0.5, 0.6) is 0 Å². The molecule has 1 N–H and O–H groups in total. The third-order valence-corrected chi connectivity index (χ3v) is 5.29. The van der Waals surface area contributed by atoms with Crippen LogP contribution in [-0.4, -0.2) is 37.3 Å². The molecule has 2 heterocycles. The van der Waals surface area contributed by atoms with Crippen molar-refractivity contribution in [3.05, 3.63) is 24.0 Å². The Balaban J connectivity index is 2.24. The maximum Gasteiger partial charge on any atom is 0.177 e. The van der Waals surface area contributed by atoms with Crippen LogP contribution in [-0.2, 0) is 16.9 Å². The fraction of sp³-hybridized carbons (Fsp3) is 0.500. The molecule has 0 amide bonds. The first-order valence-corrected chi connectivity index (χ1v) is 8.65. The summed E-state index contributed by atoms with van der Waals surface area (Å²) in [5.41, 5.74) is 1.47. The number of hydrogen-bond donors (Lipinski definition) is 1. The van der Waals surface area contributed by atoms with Gasteiger partial charge in [0, 0.05) is 25.8 Å². The van der Waals surface area contributed by atoms with Gasteiger partial charge in [-0.3, -0.25) is 0 Å². The van der Waals surface area contributed by atoms with E-state index in [1.165, 1.54) is 6.26 Å². The summed E-state index contributed by atoms with van der Waals surface area (Å²) in [5, 5.41) is 3.37. The van der Waals surface area contributed by atoms with Gasteiger partial charge in [-0.2, -0.15) is 0 Å². The SMILES string of the molecule is C[C@@H]1CNC[C@H]1c1nc2c(S(C)(=O)=O)cccc2n1C. The lowest BCUT2D eigenvalue weighted by Crippen LogP contribution is -2.13. The van der Waals surface area contributed by atoms with Crippen molar-refractivity contribution in [1.82, 2.24) is 14.9 Å². The van der Waals surface area contributed by atoms with Crippen LogP contribution in [0.1, 0.15) is 18.7 Å². The Bertz CT molecular complexity index is 764. The topological polar surface area (TPSA) is 64.0 Å². The molecular weight excluding hydrogens is 274 g/mol. The molecule has 1 saturated heterocycles. The summed E-state index contributed by atoms with van der Waals surface area (Å²) in [6, 6.07) is 5.33. The molecule has 6 heteroatoms. The Hall–Kier alpha value is -1.40. The third kappa shape index (κ3) is 2.03. The standard InChI is InChI=1S/C14H19N3O2S/c1-9-7-15-8-10(9)14-16-13-11(17(14)2)5-4-6-12(13)20(3,18)19/h4-6,9-10,15H,7-8H2,1-3H3/t9-,10-/m1/s1. The second-order valence-corrected chi connectivity index (χ2v) is 7.65. The fourth-order valence-corrected chi connectivity index (χ4v) is 3.82. The monoisotopic (exact) mass is 293 g/mol. The van der Waals surface area contributed by atoms with Crippen LogP contribution in [0.15, 0.2) is 23.1 Å². The van der Waals surface area contributed by atoms with E-state index in [1.807, 2.05) is 17.7 Å². The van der Waals surface area contributed by atoms with Crippen molar-refractivity contribution < 1.29 is 8.42 Å². The Morgan fingerprint density at radius 2 is 2.10 bits per heavy atom. The summed E-state index contributed by atoms with van der Waals surface area (Å²) < 4.78 is 25.8. The number of fused-ring (bicyclic) bond motifs is 1. The first-order chi connectivity index (χ1) is 9.39. The zero-order valence-corrected chi connectivity index (χ0v) is 12.7. The van der Waals surface area contributed by atoms with Crippen molar-refractivity contribution in [2.45, 2.75) is 17.7 Å². The summed E-state index contributed by atoms with van der Waals surface area (Å²) in [4.78, 5) is 4.97. The zero-order chi connectivity index (χ0) is 14.5. The van der Waals surface area contributed by atoms with Gasteiger partial charge in [-0.05, 0) is 24.6 Å². The third-order valence-electron chi connectivity index (χ3n) is 4.16. The van der Waals surface area contributed by atoms with E-state index >= 15 is 0 Å². The van der Waals surface area contributed by atoms with E-state index in [4.69, 9.17) is 0 Å². The van der Waals surface area contributed by atoms with Gasteiger partial charge in [0.25, 0.3) is 0 Å². The average molecular weight is 293 g/mol. The highest BCUT2D eigenvalue weighted by Gasteiger charge is 2.29. The van der Waals surface area contributed by atoms with Crippen molar-refractivity contribution >= 4 is 20.9 Å². The lowest BCUT2D eigenvalue weighted by Gasteiger charge is -2.13. The quantitative estimate of drug-likeness (QED) is 0.906. The zero-order valence-electron chi connectivity index (χ0n) is 11.9. The number of rotatable bonds is 2. The molecule has 0 saturated carbocycles. The van der Waals surface area contributed by atoms with Crippen molar-refractivity contribution in [3.63, 3.8) is 0 Å². The number of nitrogens with zero attached hydrogens (tertiary/aromatic N) is 2. The smallest absolute Gasteiger partial charge is 0.177 e. The number of nitrogens with one attached hydrogen (secondary N) is 1. The van der Waals surface area contributed by atoms with Gasteiger partial charge in [0.15, 0.2) is 9.84 Å². The van der Waals surface area contributed by atoms with E-state index in [9.17, 15) is 8.42 Å². The second kappa shape index (κ2) is 4.56. The number of sulfone groups is 1. The van der Waals surface area contributed by atoms with Gasteiger partial charge in [-0.25, -0.2) is 13.4 Å². The summed E-state index contributed by atoms with van der Waals surface area (Å²) in [5.74, 6) is 1.81. The van der Waals surface area contributed by atoms with Crippen LogP contribution >= 0.6 is 0 Å². The van der Waals surface area contributed by atoms with Crippen LogP contribution in [0, 0.1) is 5.92 Å². The number of para-hydroxylation sites is 1. The number of hydrogen-bond acceptors (Lipinski definition) is 4. The molecule has 1 aromatic heterocycles. The molecule has 3 rings (SSSR count). The van der Waals surface area contributed by atoms with Crippen LogP contribution in [0.3, 0.4) is 0 Å². The van der Waals surface area contributed by atoms with Crippen LogP contribution in [0.25, 0.3) is 11.0 Å². The molecule has 2 aromatic rings. The van der Waals surface area contributed by atoms with Crippen molar-refractivity contribution in [1.29, 1.82) is 0 Å². The number of imidazole rings is 1. The highest BCUT2D eigenvalue weighted by atomic mass is 32.2. The highest BCUT2D eigenvalue weighted by molar-refractivity contribution is 7.91. The first kappa shape index (κ1) is 13.6. The Labute approximate surface area is 118 Å². The van der Waals surface area contributed by atoms with Crippen LogP contribution in [0.2, 0.25) is 0 Å². The maximum absolute atomic E-state index is 11.9. The van der Waals surface area contributed by atoms with E-state index in [0.29, 0.717) is 22.2 Å². The molecule has 0 unspecified atom stereocenters. The molecule has 1 aromatic carbocycles. The maximum atomic E-state index is 11.9. The molecule has 0 spiro atoms. The highest BCUT2D eigenvalue weighted by Crippen LogP contribution is 2.31. The molecule has 5 nitrogen and oxygen atoms in total. The van der Waals surface area contributed by atoms with Gasteiger partial charge in [0.05, 0.1) is 10.4 Å². The fourth-order valence-electron chi connectivity index (χ4n) is 2.99. The lowest BCUT2D eigenvalue weighted by molar-refractivity contribution is 0.533. The molecule has 20 heavy (non-hydrogen) atoms. The van der Waals surface area contributed by atoms with E-state index in [0.717, 1.165) is 24.4 Å². The molecule has 1 aliphatic rings. The van der Waals surface area contributed by atoms with Gasteiger partial charge in [-0.1, -0.05) is 13.0 Å². The Kier molecular flexibility index (Phi) is 3.10. The molecule has 0 bridgehead atoms. The second-order valence-electron chi connectivity index (χ2n) is 5.67. The average Bonchev–Trinajstić information content (AvgIpc) is 2.92.